The number of fused-ring (bicyclic) bond motifs is 6. The number of hydrogen-bond acceptors (Lipinski definition) is 4. The molecule has 0 fully saturated rings. The summed E-state index contributed by atoms with van der Waals surface area (Å²) in [5, 5.41) is 19.0. The first-order valence-corrected chi connectivity index (χ1v) is 18.1. The molecular formula is C40H34S4. The molecule has 0 heterocycles. The van der Waals surface area contributed by atoms with Crippen LogP contribution in [0.1, 0.15) is 22.3 Å². The Morgan fingerprint density at radius 2 is 0.682 bits per heavy atom. The summed E-state index contributed by atoms with van der Waals surface area (Å²) in [6.45, 7) is 0. The van der Waals surface area contributed by atoms with Gasteiger partial charge < -0.3 is 0 Å². The summed E-state index contributed by atoms with van der Waals surface area (Å²) < 4.78 is 0. The summed E-state index contributed by atoms with van der Waals surface area (Å²) in [6, 6.07) is 32.3. The highest BCUT2D eigenvalue weighted by Gasteiger charge is 2.23. The lowest BCUT2D eigenvalue weighted by atomic mass is 9.80. The molecule has 0 spiro atoms. The summed E-state index contributed by atoms with van der Waals surface area (Å²) in [4.78, 5) is 0. The second kappa shape index (κ2) is 11.6. The Hall–Kier alpha value is -2.76. The Morgan fingerprint density at radius 1 is 0.318 bits per heavy atom. The van der Waals surface area contributed by atoms with E-state index in [9.17, 15) is 0 Å². The summed E-state index contributed by atoms with van der Waals surface area (Å²) in [5.41, 5.74) is 5.62. The molecular weight excluding hydrogens is 609 g/mol. The first-order chi connectivity index (χ1) is 21.7. The van der Waals surface area contributed by atoms with Crippen molar-refractivity contribution in [3.8, 4) is 0 Å². The lowest BCUT2D eigenvalue weighted by molar-refractivity contribution is 1.17. The van der Waals surface area contributed by atoms with E-state index in [0.717, 1.165) is 48.7 Å². The van der Waals surface area contributed by atoms with E-state index in [1.54, 1.807) is 0 Å². The summed E-state index contributed by atoms with van der Waals surface area (Å²) in [7, 11) is 0. The van der Waals surface area contributed by atoms with Gasteiger partial charge in [0.2, 0.25) is 0 Å². The van der Waals surface area contributed by atoms with Crippen LogP contribution in [0.5, 0.6) is 0 Å². The van der Waals surface area contributed by atoms with E-state index in [0.29, 0.717) is 0 Å². The van der Waals surface area contributed by atoms with Crippen molar-refractivity contribution in [1.29, 1.82) is 0 Å². The zero-order valence-electron chi connectivity index (χ0n) is 24.5. The van der Waals surface area contributed by atoms with Crippen molar-refractivity contribution in [2.75, 3.05) is 23.0 Å². The van der Waals surface area contributed by atoms with Crippen molar-refractivity contribution >= 4 is 126 Å². The molecule has 0 amide bonds. The molecule has 0 atom stereocenters. The molecule has 0 N–H and O–H groups in total. The van der Waals surface area contributed by atoms with Crippen LogP contribution in [0.25, 0.3) is 75.4 Å². The number of aryl methyl sites for hydroxylation is 4. The summed E-state index contributed by atoms with van der Waals surface area (Å²) in [5.74, 6) is 3.20. The van der Waals surface area contributed by atoms with Crippen LogP contribution < -0.4 is 0 Å². The third-order valence-electron chi connectivity index (χ3n) is 9.76. The first-order valence-electron chi connectivity index (χ1n) is 15.6. The van der Waals surface area contributed by atoms with E-state index in [2.05, 4.69) is 84.9 Å². The van der Waals surface area contributed by atoms with Crippen LogP contribution in [0.15, 0.2) is 84.9 Å². The molecule has 218 valence electrons. The lowest BCUT2D eigenvalue weighted by Crippen LogP contribution is -2.03. The fourth-order valence-corrected chi connectivity index (χ4v) is 9.04. The average Bonchev–Trinajstić information content (AvgIpc) is 3.06. The normalized spacial score (nSPS) is 12.4. The number of rotatable bonds is 8. The van der Waals surface area contributed by atoms with Gasteiger partial charge in [-0.2, -0.15) is 50.5 Å². The minimum atomic E-state index is 0.791. The smallest absolute Gasteiger partial charge is 0.00202 e. The van der Waals surface area contributed by atoms with Crippen LogP contribution in [0.2, 0.25) is 0 Å². The fraction of sp³-hybridized carbons (Fsp3) is 0.200. The average molecular weight is 643 g/mol. The molecule has 0 saturated heterocycles. The topological polar surface area (TPSA) is 0 Å². The quantitative estimate of drug-likeness (QED) is 0.0708. The Bertz CT molecular complexity index is 2220. The molecule has 8 rings (SSSR count). The van der Waals surface area contributed by atoms with Gasteiger partial charge in [-0.25, -0.2) is 0 Å². The Kier molecular flexibility index (Phi) is 7.53. The van der Waals surface area contributed by atoms with Crippen LogP contribution in [0, 0.1) is 0 Å². The van der Waals surface area contributed by atoms with Crippen LogP contribution in [-0.4, -0.2) is 23.0 Å². The van der Waals surface area contributed by atoms with Crippen LogP contribution in [0.4, 0.5) is 0 Å². The van der Waals surface area contributed by atoms with Crippen molar-refractivity contribution < 1.29 is 0 Å². The van der Waals surface area contributed by atoms with Gasteiger partial charge in [0.25, 0.3) is 0 Å². The van der Waals surface area contributed by atoms with Gasteiger partial charge in [0.15, 0.2) is 0 Å². The van der Waals surface area contributed by atoms with Crippen molar-refractivity contribution in [3.63, 3.8) is 0 Å². The van der Waals surface area contributed by atoms with E-state index in [1.807, 2.05) is 0 Å². The highest BCUT2D eigenvalue weighted by Crippen LogP contribution is 2.47. The molecule has 8 aromatic carbocycles. The molecule has 0 radical (unpaired) electrons. The van der Waals surface area contributed by atoms with Crippen molar-refractivity contribution in [3.05, 3.63) is 107 Å². The molecule has 0 aliphatic rings. The molecule has 4 heteroatoms. The molecule has 0 bridgehead atoms. The van der Waals surface area contributed by atoms with Gasteiger partial charge in [-0.15, -0.1) is 0 Å². The SMILES string of the molecule is SCCc1c2ccccc2c(CCS)c2cc3c(CCS)c4c5cccc6ccc7cccc(c4c(CCS)c3cc12)c7c65. The maximum absolute atomic E-state index is 4.84. The lowest BCUT2D eigenvalue weighted by Gasteiger charge is -2.24. The predicted molar refractivity (Wildman–Crippen MR) is 210 cm³/mol. The Labute approximate surface area is 280 Å². The van der Waals surface area contributed by atoms with E-state index in [4.69, 9.17) is 50.5 Å². The molecule has 44 heavy (non-hydrogen) atoms. The molecule has 8 aromatic rings. The molecule has 0 aliphatic carbocycles. The minimum Gasteiger partial charge on any atom is -0.179 e. The Balaban J connectivity index is 1.69. The van der Waals surface area contributed by atoms with Gasteiger partial charge >= 0.3 is 0 Å². The van der Waals surface area contributed by atoms with E-state index in [1.165, 1.54) is 97.7 Å². The van der Waals surface area contributed by atoms with E-state index >= 15 is 0 Å². The van der Waals surface area contributed by atoms with Gasteiger partial charge in [-0.1, -0.05) is 72.8 Å². The van der Waals surface area contributed by atoms with E-state index in [-0.39, 0.29) is 0 Å². The molecule has 0 nitrogen and oxygen atoms in total. The highest BCUT2D eigenvalue weighted by atomic mass is 32.1. The minimum absolute atomic E-state index is 0.791. The summed E-state index contributed by atoms with van der Waals surface area (Å²) in [6.07, 6.45) is 3.67. The monoisotopic (exact) mass is 642 g/mol. The van der Waals surface area contributed by atoms with Crippen LogP contribution in [0.3, 0.4) is 0 Å². The third-order valence-corrected chi connectivity index (χ3v) is 10.7. The number of hydrogen-bond donors (Lipinski definition) is 4. The van der Waals surface area contributed by atoms with Gasteiger partial charge in [-0.3, -0.25) is 0 Å². The van der Waals surface area contributed by atoms with Gasteiger partial charge in [-0.05, 0) is 158 Å². The molecule has 0 unspecified atom stereocenters. The van der Waals surface area contributed by atoms with Crippen molar-refractivity contribution in [2.24, 2.45) is 0 Å². The zero-order chi connectivity index (χ0) is 29.9. The molecule has 0 saturated carbocycles. The molecule has 0 aromatic heterocycles. The standard InChI is InChI=1S/C40H34S4/c41-17-13-27-25-7-1-2-8-26(25)28(14-18-42)34-22-36-30(16-20-44)40-32-10-4-6-24-12-11-23-5-3-9-31(37(23)38(24)32)39(40)29(15-19-43)35(36)21-33(27)34/h1-12,21-22,41-44H,13-20H2. The fourth-order valence-electron chi connectivity index (χ4n) is 8.14. The Morgan fingerprint density at radius 3 is 1.09 bits per heavy atom. The van der Waals surface area contributed by atoms with Gasteiger partial charge in [0.1, 0.15) is 0 Å². The van der Waals surface area contributed by atoms with Crippen molar-refractivity contribution in [2.45, 2.75) is 25.7 Å². The largest absolute Gasteiger partial charge is 0.179 e. The van der Waals surface area contributed by atoms with Crippen molar-refractivity contribution in [1.82, 2.24) is 0 Å². The van der Waals surface area contributed by atoms with E-state index < -0.39 is 0 Å². The maximum atomic E-state index is 4.84. The molecule has 0 aliphatic heterocycles. The second-order valence-corrected chi connectivity index (χ2v) is 13.7. The van der Waals surface area contributed by atoms with Crippen LogP contribution >= 0.6 is 50.5 Å². The zero-order valence-corrected chi connectivity index (χ0v) is 28.1. The maximum Gasteiger partial charge on any atom is -0.00202 e. The predicted octanol–water partition coefficient (Wildman–Crippen LogP) is 11.1. The van der Waals surface area contributed by atoms with Gasteiger partial charge in [0.05, 0.1) is 0 Å². The number of benzene rings is 8. The summed E-state index contributed by atoms with van der Waals surface area (Å²) >= 11 is 19.2. The second-order valence-electron chi connectivity index (χ2n) is 11.9. The number of thiol groups is 4. The first kappa shape index (κ1) is 28.7. The highest BCUT2D eigenvalue weighted by molar-refractivity contribution is 7.80. The van der Waals surface area contributed by atoms with Gasteiger partial charge in [0, 0.05) is 0 Å². The van der Waals surface area contributed by atoms with Crippen LogP contribution in [-0.2, 0) is 25.7 Å². The third kappa shape index (κ3) is 4.17.